The fourth-order valence-corrected chi connectivity index (χ4v) is 2.18. The molecule has 2 aromatic rings. The average molecular weight is 392 g/mol. The van der Waals surface area contributed by atoms with Crippen LogP contribution < -0.4 is 10.1 Å². The Morgan fingerprint density at radius 1 is 1.04 bits per heavy atom. The highest BCUT2D eigenvalue weighted by Gasteiger charge is 2.09. The molecule has 1 N–H and O–H groups in total. The fourth-order valence-electron chi connectivity index (χ4n) is 1.91. The number of esters is 1. The van der Waals surface area contributed by atoms with Crippen LogP contribution >= 0.6 is 15.9 Å². The van der Waals surface area contributed by atoms with E-state index in [1.807, 2.05) is 31.2 Å². The van der Waals surface area contributed by atoms with Crippen LogP contribution in [-0.4, -0.2) is 25.1 Å². The predicted octanol–water partition coefficient (Wildman–Crippen LogP) is 3.00. The van der Waals surface area contributed by atoms with Crippen LogP contribution in [0.4, 0.5) is 0 Å². The molecule has 0 aliphatic rings. The molecule has 0 spiro atoms. The van der Waals surface area contributed by atoms with Gasteiger partial charge in [0.2, 0.25) is 0 Å². The van der Waals surface area contributed by atoms with Crippen molar-refractivity contribution < 1.29 is 19.1 Å². The molecule has 0 bridgehead atoms. The van der Waals surface area contributed by atoms with Gasteiger partial charge in [-0.1, -0.05) is 40.2 Å². The highest BCUT2D eigenvalue weighted by molar-refractivity contribution is 9.10. The van der Waals surface area contributed by atoms with E-state index in [1.54, 1.807) is 24.3 Å². The van der Waals surface area contributed by atoms with Crippen molar-refractivity contribution >= 4 is 27.8 Å². The Balaban J connectivity index is 1.66. The largest absolute Gasteiger partial charge is 0.482 e. The summed E-state index contributed by atoms with van der Waals surface area (Å²) in [6.45, 7) is 1.81. The Morgan fingerprint density at radius 2 is 1.75 bits per heavy atom. The smallest absolute Gasteiger partial charge is 0.344 e. The van der Waals surface area contributed by atoms with Crippen molar-refractivity contribution in [3.63, 3.8) is 0 Å². The number of hydrogen-bond acceptors (Lipinski definition) is 4. The van der Waals surface area contributed by atoms with Crippen molar-refractivity contribution in [1.29, 1.82) is 0 Å². The molecule has 0 aliphatic carbocycles. The number of amides is 1. The highest BCUT2D eigenvalue weighted by atomic mass is 79.9. The molecular weight excluding hydrogens is 374 g/mol. The van der Waals surface area contributed by atoms with Crippen LogP contribution in [0.5, 0.6) is 5.75 Å². The number of benzene rings is 2. The molecule has 2 aromatic carbocycles. The molecule has 0 aromatic heterocycles. The molecule has 2 rings (SSSR count). The van der Waals surface area contributed by atoms with Crippen molar-refractivity contribution in [3.8, 4) is 5.75 Å². The maximum absolute atomic E-state index is 11.7. The number of carbonyl (C=O) groups is 2. The van der Waals surface area contributed by atoms with Gasteiger partial charge in [0.15, 0.2) is 13.2 Å². The van der Waals surface area contributed by atoms with Crippen LogP contribution in [0.2, 0.25) is 0 Å². The molecular formula is C18H18BrNO4. The average Bonchev–Trinajstić information content (AvgIpc) is 2.58. The van der Waals surface area contributed by atoms with E-state index < -0.39 is 5.97 Å². The number of hydrogen-bond donors (Lipinski definition) is 1. The van der Waals surface area contributed by atoms with E-state index in [-0.39, 0.29) is 19.1 Å². The van der Waals surface area contributed by atoms with Crippen molar-refractivity contribution in [2.75, 3.05) is 13.2 Å². The van der Waals surface area contributed by atoms with Gasteiger partial charge in [0.1, 0.15) is 5.75 Å². The third kappa shape index (κ3) is 6.04. The molecule has 0 atom stereocenters. The van der Waals surface area contributed by atoms with Crippen LogP contribution in [0.1, 0.15) is 11.1 Å². The topological polar surface area (TPSA) is 64.6 Å². The first-order valence-corrected chi connectivity index (χ1v) is 8.19. The summed E-state index contributed by atoms with van der Waals surface area (Å²) in [6.07, 6.45) is 0. The Kier molecular flexibility index (Phi) is 6.81. The van der Waals surface area contributed by atoms with Gasteiger partial charge in [-0.2, -0.15) is 0 Å². The van der Waals surface area contributed by atoms with E-state index >= 15 is 0 Å². The standard InChI is InChI=1S/C18H18BrNO4/c1-13-4-2-3-5-14(13)10-20-17(21)11-24-18(22)12-23-16-8-6-15(19)7-9-16/h2-9H,10-12H2,1H3,(H,20,21). The molecule has 0 radical (unpaired) electrons. The molecule has 24 heavy (non-hydrogen) atoms. The van der Waals surface area contributed by atoms with E-state index in [0.717, 1.165) is 15.6 Å². The zero-order chi connectivity index (χ0) is 17.4. The maximum atomic E-state index is 11.7. The molecule has 126 valence electrons. The predicted molar refractivity (Wildman–Crippen MR) is 93.6 cm³/mol. The number of carbonyl (C=O) groups excluding carboxylic acids is 2. The van der Waals surface area contributed by atoms with Gasteiger partial charge in [-0.05, 0) is 42.3 Å². The van der Waals surface area contributed by atoms with E-state index in [9.17, 15) is 9.59 Å². The molecule has 0 fully saturated rings. The van der Waals surface area contributed by atoms with Gasteiger partial charge in [0.05, 0.1) is 0 Å². The summed E-state index contributed by atoms with van der Waals surface area (Å²) in [7, 11) is 0. The molecule has 0 saturated heterocycles. The second kappa shape index (κ2) is 9.08. The lowest BCUT2D eigenvalue weighted by molar-refractivity contribution is -0.150. The van der Waals surface area contributed by atoms with Crippen molar-refractivity contribution in [2.45, 2.75) is 13.5 Å². The first-order valence-electron chi connectivity index (χ1n) is 7.40. The highest BCUT2D eigenvalue weighted by Crippen LogP contribution is 2.15. The van der Waals surface area contributed by atoms with Crippen LogP contribution in [0.15, 0.2) is 53.0 Å². The van der Waals surface area contributed by atoms with Crippen LogP contribution in [0, 0.1) is 6.92 Å². The lowest BCUT2D eigenvalue weighted by atomic mass is 10.1. The zero-order valence-electron chi connectivity index (χ0n) is 13.3. The Morgan fingerprint density at radius 3 is 2.46 bits per heavy atom. The van der Waals surface area contributed by atoms with Gasteiger partial charge in [0.25, 0.3) is 5.91 Å². The van der Waals surface area contributed by atoms with E-state index in [1.165, 1.54) is 0 Å². The summed E-state index contributed by atoms with van der Waals surface area (Å²) in [5.41, 5.74) is 2.12. The van der Waals surface area contributed by atoms with Gasteiger partial charge in [-0.25, -0.2) is 4.79 Å². The minimum Gasteiger partial charge on any atom is -0.482 e. The lowest BCUT2D eigenvalue weighted by Gasteiger charge is -2.09. The quantitative estimate of drug-likeness (QED) is 0.736. The third-order valence-corrected chi connectivity index (χ3v) is 3.80. The van der Waals surface area contributed by atoms with Gasteiger partial charge < -0.3 is 14.8 Å². The first-order chi connectivity index (χ1) is 11.5. The summed E-state index contributed by atoms with van der Waals surface area (Å²) < 4.78 is 11.1. The molecule has 0 aliphatic heterocycles. The number of halogens is 1. The number of rotatable bonds is 7. The normalized spacial score (nSPS) is 10.1. The van der Waals surface area contributed by atoms with E-state index in [2.05, 4.69) is 21.2 Å². The molecule has 0 saturated carbocycles. The fraction of sp³-hybridized carbons (Fsp3) is 0.222. The third-order valence-electron chi connectivity index (χ3n) is 3.27. The minimum atomic E-state index is -0.594. The van der Waals surface area contributed by atoms with Gasteiger partial charge in [-0.15, -0.1) is 0 Å². The second-order valence-electron chi connectivity index (χ2n) is 5.11. The summed E-state index contributed by atoms with van der Waals surface area (Å²) in [6, 6.07) is 14.8. The van der Waals surface area contributed by atoms with Gasteiger partial charge >= 0.3 is 5.97 Å². The summed E-state index contributed by atoms with van der Waals surface area (Å²) in [5, 5.41) is 2.71. The molecule has 0 heterocycles. The molecule has 0 unspecified atom stereocenters. The zero-order valence-corrected chi connectivity index (χ0v) is 14.8. The number of nitrogens with one attached hydrogen (secondary N) is 1. The molecule has 5 nitrogen and oxygen atoms in total. The van der Waals surface area contributed by atoms with Crippen LogP contribution in [-0.2, 0) is 20.9 Å². The Labute approximate surface area is 149 Å². The van der Waals surface area contributed by atoms with E-state index in [4.69, 9.17) is 9.47 Å². The summed E-state index contributed by atoms with van der Waals surface area (Å²) in [5.74, 6) is -0.390. The van der Waals surface area contributed by atoms with Crippen molar-refractivity contribution in [2.24, 2.45) is 0 Å². The Bertz CT molecular complexity index is 700. The van der Waals surface area contributed by atoms with Crippen molar-refractivity contribution in [3.05, 3.63) is 64.1 Å². The molecule has 1 amide bonds. The monoisotopic (exact) mass is 391 g/mol. The maximum Gasteiger partial charge on any atom is 0.344 e. The second-order valence-corrected chi connectivity index (χ2v) is 6.02. The van der Waals surface area contributed by atoms with Gasteiger partial charge in [-0.3, -0.25) is 4.79 Å². The summed E-state index contributed by atoms with van der Waals surface area (Å²) >= 11 is 3.31. The first kappa shape index (κ1) is 18.0. The Hall–Kier alpha value is -2.34. The lowest BCUT2D eigenvalue weighted by Crippen LogP contribution is -2.29. The van der Waals surface area contributed by atoms with Crippen LogP contribution in [0.3, 0.4) is 0 Å². The van der Waals surface area contributed by atoms with Crippen LogP contribution in [0.25, 0.3) is 0 Å². The van der Waals surface area contributed by atoms with Crippen molar-refractivity contribution in [1.82, 2.24) is 5.32 Å². The van der Waals surface area contributed by atoms with E-state index in [0.29, 0.717) is 12.3 Å². The number of aryl methyl sites for hydroxylation is 1. The van der Waals surface area contributed by atoms with Gasteiger partial charge in [0, 0.05) is 11.0 Å². The minimum absolute atomic E-state index is 0.243. The number of ether oxygens (including phenoxy) is 2. The SMILES string of the molecule is Cc1ccccc1CNC(=O)COC(=O)COc1ccc(Br)cc1. The summed E-state index contributed by atoms with van der Waals surface area (Å²) in [4.78, 5) is 23.3. The molecule has 6 heteroatoms.